The van der Waals surface area contributed by atoms with Crippen LogP contribution in [-0.4, -0.2) is 40.5 Å². The van der Waals surface area contributed by atoms with E-state index >= 15 is 0 Å². The molecular formula is C16H16ClN3O3. The lowest BCUT2D eigenvalue weighted by Crippen LogP contribution is -2.42. The number of aromatic nitrogens is 2. The molecule has 120 valence electrons. The molecule has 1 fully saturated rings. The number of rotatable bonds is 3. The van der Waals surface area contributed by atoms with Crippen LogP contribution in [-0.2, 0) is 9.53 Å². The summed E-state index contributed by atoms with van der Waals surface area (Å²) in [5, 5.41) is 0.524. The highest BCUT2D eigenvalue weighted by atomic mass is 35.5. The molecule has 0 saturated carbocycles. The molecule has 1 aromatic heterocycles. The summed E-state index contributed by atoms with van der Waals surface area (Å²) in [6.07, 6.45) is 2.88. The molecule has 0 radical (unpaired) electrons. The van der Waals surface area contributed by atoms with E-state index in [0.29, 0.717) is 30.5 Å². The van der Waals surface area contributed by atoms with E-state index in [1.165, 1.54) is 6.08 Å². The summed E-state index contributed by atoms with van der Waals surface area (Å²) in [5.74, 6) is -0.144. The molecule has 1 aromatic carbocycles. The minimum atomic E-state index is -0.286. The molecule has 0 spiro atoms. The highest BCUT2D eigenvalue weighted by molar-refractivity contribution is 6.31. The minimum absolute atomic E-state index is 0.144. The summed E-state index contributed by atoms with van der Waals surface area (Å²) in [4.78, 5) is 30.3. The highest BCUT2D eigenvalue weighted by Crippen LogP contribution is 2.30. The van der Waals surface area contributed by atoms with Crippen molar-refractivity contribution in [1.82, 2.24) is 14.9 Å². The second-order valence-corrected chi connectivity index (χ2v) is 5.69. The number of benzene rings is 1. The van der Waals surface area contributed by atoms with Gasteiger partial charge in [0.05, 0.1) is 24.9 Å². The van der Waals surface area contributed by atoms with Crippen LogP contribution in [0.4, 0.5) is 0 Å². The number of ether oxygens (including phenoxy) is 1. The van der Waals surface area contributed by atoms with Gasteiger partial charge in [-0.15, -0.1) is 0 Å². The van der Waals surface area contributed by atoms with E-state index in [0.717, 1.165) is 11.1 Å². The van der Waals surface area contributed by atoms with Gasteiger partial charge in [-0.1, -0.05) is 18.2 Å². The zero-order valence-corrected chi connectivity index (χ0v) is 13.1. The SMILES string of the molecule is C=CC(=O)N1CCOC[C@H]1c1cc(Cl)cc(-c2c[nH]c(=O)[nH]2)c1. The number of carbonyl (C=O) groups is 1. The number of halogens is 1. The summed E-state index contributed by atoms with van der Waals surface area (Å²) in [5.41, 5.74) is 1.97. The van der Waals surface area contributed by atoms with Gasteiger partial charge in [0.2, 0.25) is 5.91 Å². The number of nitrogens with zero attached hydrogens (tertiary/aromatic N) is 1. The average molecular weight is 334 g/mol. The van der Waals surface area contributed by atoms with Gasteiger partial charge in [0.1, 0.15) is 0 Å². The van der Waals surface area contributed by atoms with E-state index in [1.54, 1.807) is 23.2 Å². The lowest BCUT2D eigenvalue weighted by Gasteiger charge is -2.35. The first-order valence-electron chi connectivity index (χ1n) is 7.18. The maximum Gasteiger partial charge on any atom is 0.323 e. The molecule has 3 rings (SSSR count). The van der Waals surface area contributed by atoms with Gasteiger partial charge in [-0.25, -0.2) is 4.79 Å². The van der Waals surface area contributed by atoms with Crippen LogP contribution in [0.25, 0.3) is 11.3 Å². The number of morpholine rings is 1. The predicted octanol–water partition coefficient (Wildman–Crippen LogP) is 2.11. The summed E-state index contributed by atoms with van der Waals surface area (Å²) >= 11 is 6.22. The average Bonchev–Trinajstić information content (AvgIpc) is 3.00. The van der Waals surface area contributed by atoms with Gasteiger partial charge in [0.15, 0.2) is 0 Å². The van der Waals surface area contributed by atoms with Gasteiger partial charge in [0, 0.05) is 23.3 Å². The van der Waals surface area contributed by atoms with Gasteiger partial charge < -0.3 is 19.6 Å². The molecule has 1 atom stereocenters. The molecule has 1 aliphatic rings. The van der Waals surface area contributed by atoms with E-state index in [2.05, 4.69) is 16.5 Å². The van der Waals surface area contributed by atoms with Crippen LogP contribution < -0.4 is 5.69 Å². The Bertz CT molecular complexity index is 796. The first kappa shape index (κ1) is 15.6. The van der Waals surface area contributed by atoms with Crippen molar-refractivity contribution in [2.45, 2.75) is 6.04 Å². The Hall–Kier alpha value is -2.31. The molecule has 1 aliphatic heterocycles. The predicted molar refractivity (Wildman–Crippen MR) is 87.3 cm³/mol. The third-order valence-corrected chi connectivity index (χ3v) is 4.02. The van der Waals surface area contributed by atoms with Crippen molar-refractivity contribution in [1.29, 1.82) is 0 Å². The number of hydrogen-bond donors (Lipinski definition) is 2. The van der Waals surface area contributed by atoms with Crippen molar-refractivity contribution < 1.29 is 9.53 Å². The smallest absolute Gasteiger partial charge is 0.323 e. The molecule has 6 nitrogen and oxygen atoms in total. The van der Waals surface area contributed by atoms with E-state index < -0.39 is 0 Å². The second kappa shape index (κ2) is 6.44. The van der Waals surface area contributed by atoms with Crippen molar-refractivity contribution in [2.75, 3.05) is 19.8 Å². The summed E-state index contributed by atoms with van der Waals surface area (Å²) in [6.45, 7) is 4.93. The Morgan fingerprint density at radius 3 is 2.96 bits per heavy atom. The maximum atomic E-state index is 12.1. The van der Waals surface area contributed by atoms with E-state index in [9.17, 15) is 9.59 Å². The van der Waals surface area contributed by atoms with Gasteiger partial charge in [0.25, 0.3) is 0 Å². The third-order valence-electron chi connectivity index (χ3n) is 3.80. The topological polar surface area (TPSA) is 78.2 Å². The Morgan fingerprint density at radius 2 is 2.26 bits per heavy atom. The van der Waals surface area contributed by atoms with Crippen molar-refractivity contribution in [3.8, 4) is 11.3 Å². The number of nitrogens with one attached hydrogen (secondary N) is 2. The van der Waals surface area contributed by atoms with Crippen LogP contribution >= 0.6 is 11.6 Å². The molecule has 2 heterocycles. The Labute approximate surface area is 137 Å². The molecule has 0 unspecified atom stereocenters. The van der Waals surface area contributed by atoms with Gasteiger partial charge in [-0.05, 0) is 29.8 Å². The van der Waals surface area contributed by atoms with Crippen molar-refractivity contribution in [3.63, 3.8) is 0 Å². The highest BCUT2D eigenvalue weighted by Gasteiger charge is 2.27. The van der Waals surface area contributed by atoms with Crippen molar-refractivity contribution in [2.24, 2.45) is 0 Å². The largest absolute Gasteiger partial charge is 0.377 e. The number of hydrogen-bond acceptors (Lipinski definition) is 3. The van der Waals surface area contributed by atoms with Crippen LogP contribution in [0.15, 0.2) is 41.8 Å². The number of H-pyrrole nitrogens is 2. The Morgan fingerprint density at radius 1 is 1.43 bits per heavy atom. The molecule has 2 aromatic rings. The normalized spacial score (nSPS) is 18.0. The minimum Gasteiger partial charge on any atom is -0.377 e. The first-order chi connectivity index (χ1) is 11.1. The summed E-state index contributed by atoms with van der Waals surface area (Å²) in [6, 6.07) is 5.22. The molecule has 7 heteroatoms. The molecule has 1 amide bonds. The van der Waals surface area contributed by atoms with E-state index in [1.807, 2.05) is 6.07 Å². The van der Waals surface area contributed by atoms with Crippen LogP contribution in [0, 0.1) is 0 Å². The zero-order valence-electron chi connectivity index (χ0n) is 12.3. The Kier molecular flexibility index (Phi) is 4.36. The lowest BCUT2D eigenvalue weighted by molar-refractivity contribution is -0.134. The fourth-order valence-corrected chi connectivity index (χ4v) is 2.95. The summed E-state index contributed by atoms with van der Waals surface area (Å²) < 4.78 is 5.52. The molecule has 1 saturated heterocycles. The fraction of sp³-hybridized carbons (Fsp3) is 0.250. The number of aromatic amines is 2. The third kappa shape index (κ3) is 3.23. The van der Waals surface area contributed by atoms with Gasteiger partial charge in [-0.3, -0.25) is 4.79 Å². The van der Waals surface area contributed by atoms with Gasteiger partial charge in [-0.2, -0.15) is 0 Å². The fourth-order valence-electron chi connectivity index (χ4n) is 2.71. The van der Waals surface area contributed by atoms with Crippen LogP contribution in [0.2, 0.25) is 5.02 Å². The molecule has 2 N–H and O–H groups in total. The van der Waals surface area contributed by atoms with E-state index in [4.69, 9.17) is 16.3 Å². The monoisotopic (exact) mass is 333 g/mol. The lowest BCUT2D eigenvalue weighted by atomic mass is 10.0. The standard InChI is InChI=1S/C16H16ClN3O3/c1-2-15(21)20-3-4-23-9-14(20)11-5-10(6-12(17)7-11)13-8-18-16(22)19-13/h2,5-8,14H,1,3-4,9H2,(H2,18,19,22)/t14-/m0/s1. The van der Waals surface area contributed by atoms with Crippen molar-refractivity contribution >= 4 is 17.5 Å². The van der Waals surface area contributed by atoms with Crippen LogP contribution in [0.5, 0.6) is 0 Å². The maximum absolute atomic E-state index is 12.1. The zero-order chi connectivity index (χ0) is 16.4. The molecule has 0 aliphatic carbocycles. The molecule has 0 bridgehead atoms. The Balaban J connectivity index is 2.01. The molecule has 23 heavy (non-hydrogen) atoms. The molecular weight excluding hydrogens is 318 g/mol. The van der Waals surface area contributed by atoms with Crippen LogP contribution in [0.3, 0.4) is 0 Å². The van der Waals surface area contributed by atoms with E-state index in [-0.39, 0.29) is 17.6 Å². The number of carbonyl (C=O) groups excluding carboxylic acids is 1. The first-order valence-corrected chi connectivity index (χ1v) is 7.55. The number of amides is 1. The van der Waals surface area contributed by atoms with Gasteiger partial charge >= 0.3 is 5.69 Å². The second-order valence-electron chi connectivity index (χ2n) is 5.26. The van der Waals surface area contributed by atoms with Crippen molar-refractivity contribution in [3.05, 3.63) is 58.1 Å². The number of imidazole rings is 1. The quantitative estimate of drug-likeness (QED) is 0.844. The van der Waals surface area contributed by atoms with Crippen LogP contribution in [0.1, 0.15) is 11.6 Å². The summed E-state index contributed by atoms with van der Waals surface area (Å²) in [7, 11) is 0.